The van der Waals surface area contributed by atoms with E-state index in [0.717, 1.165) is 18.5 Å². The molecule has 0 radical (unpaired) electrons. The van der Waals surface area contributed by atoms with E-state index in [1.54, 1.807) is 6.07 Å². The summed E-state index contributed by atoms with van der Waals surface area (Å²) < 4.78 is 0. The normalized spacial score (nSPS) is 23.3. The van der Waals surface area contributed by atoms with Crippen LogP contribution < -0.4 is 16.4 Å². The molecule has 2 rings (SSSR count). The maximum Gasteiger partial charge on any atom is 0.250 e. The first-order valence-electron chi connectivity index (χ1n) is 6.52. The van der Waals surface area contributed by atoms with Crippen LogP contribution in [0.25, 0.3) is 0 Å². The van der Waals surface area contributed by atoms with E-state index in [-0.39, 0.29) is 0 Å². The highest BCUT2D eigenvalue weighted by Gasteiger charge is 2.31. The fraction of sp³-hybridized carbons (Fsp3) is 0.500. The molecule has 4 N–H and O–H groups in total. The van der Waals surface area contributed by atoms with Gasteiger partial charge in [0.15, 0.2) is 0 Å². The second-order valence-corrected chi connectivity index (χ2v) is 5.04. The first-order valence-corrected chi connectivity index (χ1v) is 6.52. The second-order valence-electron chi connectivity index (χ2n) is 5.04. The third-order valence-electron chi connectivity index (χ3n) is 3.82. The van der Waals surface area contributed by atoms with Crippen molar-refractivity contribution in [2.75, 3.05) is 10.6 Å². The van der Waals surface area contributed by atoms with Gasteiger partial charge in [-0.15, -0.1) is 0 Å². The van der Waals surface area contributed by atoms with Crippen molar-refractivity contribution in [3.63, 3.8) is 0 Å². The average molecular weight is 247 g/mol. The van der Waals surface area contributed by atoms with Gasteiger partial charge in [-0.05, 0) is 44.4 Å². The Labute approximate surface area is 108 Å². The molecule has 0 aromatic heterocycles. The van der Waals surface area contributed by atoms with Gasteiger partial charge in [0.05, 0.1) is 11.3 Å². The number of carbonyl (C=O) groups is 1. The van der Waals surface area contributed by atoms with E-state index < -0.39 is 5.91 Å². The lowest BCUT2D eigenvalue weighted by Crippen LogP contribution is -2.35. The minimum absolute atomic E-state index is 0.411. The van der Waals surface area contributed by atoms with E-state index in [9.17, 15) is 4.79 Å². The molecule has 4 heteroatoms. The predicted molar refractivity (Wildman–Crippen MR) is 74.6 cm³/mol. The summed E-state index contributed by atoms with van der Waals surface area (Å²) >= 11 is 0. The van der Waals surface area contributed by atoms with Crippen LogP contribution in [-0.2, 0) is 0 Å². The number of rotatable bonds is 3. The van der Waals surface area contributed by atoms with E-state index >= 15 is 0 Å². The minimum atomic E-state index is -0.411. The van der Waals surface area contributed by atoms with Crippen molar-refractivity contribution in [2.24, 2.45) is 5.73 Å². The van der Waals surface area contributed by atoms with Crippen molar-refractivity contribution < 1.29 is 4.79 Å². The smallest absolute Gasteiger partial charge is 0.250 e. The number of carbonyl (C=O) groups excluding carboxylic acids is 1. The fourth-order valence-electron chi connectivity index (χ4n) is 2.88. The van der Waals surface area contributed by atoms with Gasteiger partial charge >= 0.3 is 0 Å². The quantitative estimate of drug-likeness (QED) is 0.804. The van der Waals surface area contributed by atoms with Gasteiger partial charge in [0.2, 0.25) is 0 Å². The number of amides is 1. The fourth-order valence-corrected chi connectivity index (χ4v) is 2.88. The number of nitrogen functional groups attached to an aromatic ring is 1. The first kappa shape index (κ1) is 12.7. The van der Waals surface area contributed by atoms with E-state index in [1.807, 2.05) is 12.1 Å². The van der Waals surface area contributed by atoms with E-state index in [4.69, 9.17) is 11.5 Å². The molecule has 1 aliphatic heterocycles. The van der Waals surface area contributed by atoms with Crippen LogP contribution in [0.3, 0.4) is 0 Å². The molecule has 0 bridgehead atoms. The van der Waals surface area contributed by atoms with Crippen molar-refractivity contribution in [3.05, 3.63) is 23.8 Å². The molecular formula is C14H21N3O. The molecule has 1 heterocycles. The van der Waals surface area contributed by atoms with Gasteiger partial charge in [0.1, 0.15) is 0 Å². The van der Waals surface area contributed by atoms with Crippen molar-refractivity contribution in [1.29, 1.82) is 0 Å². The summed E-state index contributed by atoms with van der Waals surface area (Å²) in [6.07, 6.45) is 3.40. The Morgan fingerprint density at radius 2 is 2.17 bits per heavy atom. The lowest BCUT2D eigenvalue weighted by atomic mass is 10.1. The monoisotopic (exact) mass is 247 g/mol. The molecule has 1 amide bonds. The summed E-state index contributed by atoms with van der Waals surface area (Å²) in [6.45, 7) is 4.37. The number of hydrogen-bond donors (Lipinski definition) is 2. The van der Waals surface area contributed by atoms with Gasteiger partial charge in [-0.25, -0.2) is 0 Å². The van der Waals surface area contributed by atoms with Gasteiger partial charge in [-0.2, -0.15) is 0 Å². The van der Waals surface area contributed by atoms with Crippen LogP contribution in [0.2, 0.25) is 0 Å². The molecule has 1 aromatic carbocycles. The number of primary amides is 1. The highest BCUT2D eigenvalue weighted by Crippen LogP contribution is 2.34. The summed E-state index contributed by atoms with van der Waals surface area (Å²) in [6, 6.07) is 6.35. The van der Waals surface area contributed by atoms with Gasteiger partial charge in [0.25, 0.3) is 5.91 Å². The number of anilines is 2. The Bertz CT molecular complexity index is 458. The van der Waals surface area contributed by atoms with Crippen molar-refractivity contribution in [2.45, 2.75) is 45.2 Å². The number of benzene rings is 1. The lowest BCUT2D eigenvalue weighted by Gasteiger charge is -2.31. The summed E-state index contributed by atoms with van der Waals surface area (Å²) in [7, 11) is 0. The molecule has 1 aromatic rings. The van der Waals surface area contributed by atoms with E-state index in [2.05, 4.69) is 18.7 Å². The average Bonchev–Trinajstić information content (AvgIpc) is 2.70. The molecule has 18 heavy (non-hydrogen) atoms. The molecule has 0 saturated carbocycles. The molecular weight excluding hydrogens is 226 g/mol. The SMILES string of the molecule is CCC1CCC(C)N1c1ccc(N)cc1C(N)=O. The molecule has 0 spiro atoms. The standard InChI is InChI=1S/C14H21N3O/c1-3-11-6-4-9(2)17(11)13-7-5-10(15)8-12(13)14(16)18/h5,7-9,11H,3-4,6,15H2,1-2H3,(H2,16,18). The van der Waals surface area contributed by atoms with Crippen LogP contribution >= 0.6 is 0 Å². The molecule has 1 fully saturated rings. The Hall–Kier alpha value is -1.71. The van der Waals surface area contributed by atoms with Crippen LogP contribution in [0.5, 0.6) is 0 Å². The predicted octanol–water partition coefficient (Wildman–Crippen LogP) is 2.14. The lowest BCUT2D eigenvalue weighted by molar-refractivity contribution is 0.100. The van der Waals surface area contributed by atoms with Crippen molar-refractivity contribution >= 4 is 17.3 Å². The van der Waals surface area contributed by atoms with E-state index in [1.165, 1.54) is 6.42 Å². The van der Waals surface area contributed by atoms with Crippen LogP contribution in [-0.4, -0.2) is 18.0 Å². The molecule has 2 unspecified atom stereocenters. The maximum atomic E-state index is 11.6. The zero-order chi connectivity index (χ0) is 13.3. The topological polar surface area (TPSA) is 72.3 Å². The highest BCUT2D eigenvalue weighted by atomic mass is 16.1. The van der Waals surface area contributed by atoms with Crippen LogP contribution in [0.1, 0.15) is 43.5 Å². The van der Waals surface area contributed by atoms with Crippen LogP contribution in [0.15, 0.2) is 18.2 Å². The third kappa shape index (κ3) is 2.15. The number of nitrogens with zero attached hydrogens (tertiary/aromatic N) is 1. The van der Waals surface area contributed by atoms with Crippen LogP contribution in [0, 0.1) is 0 Å². The summed E-state index contributed by atoms with van der Waals surface area (Å²) in [4.78, 5) is 13.9. The largest absolute Gasteiger partial charge is 0.399 e. The van der Waals surface area contributed by atoms with Crippen molar-refractivity contribution in [3.8, 4) is 0 Å². The number of nitrogens with two attached hydrogens (primary N) is 2. The summed E-state index contributed by atoms with van der Waals surface area (Å²) in [5.41, 5.74) is 13.2. The van der Waals surface area contributed by atoms with Gasteiger partial charge in [-0.1, -0.05) is 6.92 Å². The maximum absolute atomic E-state index is 11.6. The number of hydrogen-bond acceptors (Lipinski definition) is 3. The zero-order valence-corrected chi connectivity index (χ0v) is 11.0. The van der Waals surface area contributed by atoms with Gasteiger partial charge in [0, 0.05) is 17.8 Å². The van der Waals surface area contributed by atoms with Crippen molar-refractivity contribution in [1.82, 2.24) is 0 Å². The minimum Gasteiger partial charge on any atom is -0.399 e. The van der Waals surface area contributed by atoms with E-state index in [0.29, 0.717) is 23.3 Å². The zero-order valence-electron chi connectivity index (χ0n) is 11.0. The Morgan fingerprint density at radius 1 is 1.44 bits per heavy atom. The molecule has 0 aliphatic carbocycles. The Kier molecular flexibility index (Phi) is 3.45. The Balaban J connectivity index is 2.46. The van der Waals surface area contributed by atoms with Gasteiger partial charge < -0.3 is 16.4 Å². The molecule has 1 aliphatic rings. The molecule has 2 atom stereocenters. The van der Waals surface area contributed by atoms with Gasteiger partial charge in [-0.3, -0.25) is 4.79 Å². The summed E-state index contributed by atoms with van der Waals surface area (Å²) in [5, 5.41) is 0. The third-order valence-corrected chi connectivity index (χ3v) is 3.82. The highest BCUT2D eigenvalue weighted by molar-refractivity contribution is 5.99. The molecule has 4 nitrogen and oxygen atoms in total. The molecule has 1 saturated heterocycles. The first-order chi connectivity index (χ1) is 8.54. The Morgan fingerprint density at radius 3 is 2.78 bits per heavy atom. The molecule has 98 valence electrons. The van der Waals surface area contributed by atoms with Crippen LogP contribution in [0.4, 0.5) is 11.4 Å². The second kappa shape index (κ2) is 4.88. The summed E-state index contributed by atoms with van der Waals surface area (Å²) in [5.74, 6) is -0.411.